The molecule has 1 amide bonds. The maximum Gasteiger partial charge on any atom is 0.266 e. The van der Waals surface area contributed by atoms with Crippen LogP contribution >= 0.6 is 0 Å². The van der Waals surface area contributed by atoms with Crippen LogP contribution in [0.2, 0.25) is 0 Å². The van der Waals surface area contributed by atoms with Crippen LogP contribution in [0, 0.1) is 6.92 Å². The molecule has 0 bridgehead atoms. The minimum Gasteiger partial charge on any atom is -0.321 e. The van der Waals surface area contributed by atoms with Gasteiger partial charge >= 0.3 is 0 Å². The van der Waals surface area contributed by atoms with E-state index in [4.69, 9.17) is 0 Å². The van der Waals surface area contributed by atoms with Crippen LogP contribution in [-0.4, -0.2) is 24.3 Å². The van der Waals surface area contributed by atoms with E-state index in [0.29, 0.717) is 0 Å². The number of sulfonamides is 1. The molecule has 2 aromatic rings. The monoisotopic (exact) mass is 318 g/mol. The molecular formula is C14H14N4O3S. The number of hydrogen-bond acceptors (Lipinski definition) is 5. The predicted molar refractivity (Wildman–Crippen MR) is 82.8 cm³/mol. The summed E-state index contributed by atoms with van der Waals surface area (Å²) in [6.45, 7) is 5.13. The average molecular weight is 318 g/mol. The van der Waals surface area contributed by atoms with Crippen LogP contribution in [0.15, 0.2) is 54.2 Å². The van der Waals surface area contributed by atoms with E-state index in [1.165, 1.54) is 18.5 Å². The molecule has 0 saturated carbocycles. The number of carbonyl (C=O) groups is 1. The number of benzene rings is 1. The summed E-state index contributed by atoms with van der Waals surface area (Å²) in [6, 6.07) is 6.16. The highest BCUT2D eigenvalue weighted by Gasteiger charge is 2.20. The van der Waals surface area contributed by atoms with Gasteiger partial charge in [0.25, 0.3) is 10.0 Å². The number of carbonyl (C=O) groups excluding carboxylic acids is 1. The summed E-state index contributed by atoms with van der Waals surface area (Å²) in [6.07, 6.45) is 3.90. The molecule has 0 saturated heterocycles. The quantitative estimate of drug-likeness (QED) is 0.817. The highest BCUT2D eigenvalue weighted by molar-refractivity contribution is 7.92. The predicted octanol–water partition coefficient (Wildman–Crippen LogP) is 1.71. The standard InChI is InChI=1S/C14H14N4O3S/c1-3-13(19)17-11-9-10(2)5-6-12(11)22(20,21)18-14-15-7-4-8-16-14/h3-9H,1H2,2H3,(H,17,19)(H,15,16,18). The third kappa shape index (κ3) is 3.67. The zero-order valence-electron chi connectivity index (χ0n) is 11.8. The molecule has 0 fully saturated rings. The zero-order chi connectivity index (χ0) is 16.2. The van der Waals surface area contributed by atoms with Crippen molar-refractivity contribution in [3.05, 3.63) is 54.9 Å². The fourth-order valence-electron chi connectivity index (χ4n) is 1.69. The summed E-state index contributed by atoms with van der Waals surface area (Å²) in [5.41, 5.74) is 0.961. The number of hydrogen-bond donors (Lipinski definition) is 2. The first kappa shape index (κ1) is 15.6. The van der Waals surface area contributed by atoms with E-state index in [2.05, 4.69) is 26.6 Å². The van der Waals surface area contributed by atoms with Crippen LogP contribution in [0.3, 0.4) is 0 Å². The van der Waals surface area contributed by atoms with E-state index in [1.807, 2.05) is 0 Å². The van der Waals surface area contributed by atoms with Gasteiger partial charge in [0.1, 0.15) is 4.90 Å². The number of anilines is 2. The number of rotatable bonds is 5. The molecule has 1 aromatic heterocycles. The van der Waals surface area contributed by atoms with Gasteiger partial charge in [0.15, 0.2) is 0 Å². The molecule has 8 heteroatoms. The number of nitrogens with one attached hydrogen (secondary N) is 2. The Morgan fingerprint density at radius 2 is 1.95 bits per heavy atom. The Kier molecular flexibility index (Phi) is 4.52. The topological polar surface area (TPSA) is 101 Å². The van der Waals surface area contributed by atoms with Crippen molar-refractivity contribution >= 4 is 27.6 Å². The van der Waals surface area contributed by atoms with Crippen LogP contribution in [-0.2, 0) is 14.8 Å². The molecule has 2 rings (SSSR count). The van der Waals surface area contributed by atoms with Gasteiger partial charge < -0.3 is 5.32 Å². The van der Waals surface area contributed by atoms with E-state index in [-0.39, 0.29) is 16.5 Å². The molecule has 0 unspecified atom stereocenters. The smallest absolute Gasteiger partial charge is 0.266 e. The van der Waals surface area contributed by atoms with Crippen LogP contribution in [0.25, 0.3) is 0 Å². The summed E-state index contributed by atoms with van der Waals surface area (Å²) in [5.74, 6) is -0.554. The second-order valence-corrected chi connectivity index (χ2v) is 6.02. The normalized spacial score (nSPS) is 10.8. The van der Waals surface area contributed by atoms with E-state index in [9.17, 15) is 13.2 Å². The van der Waals surface area contributed by atoms with Crippen molar-refractivity contribution in [2.75, 3.05) is 10.0 Å². The van der Waals surface area contributed by atoms with Crippen molar-refractivity contribution in [2.24, 2.45) is 0 Å². The molecular weight excluding hydrogens is 304 g/mol. The second-order valence-electron chi connectivity index (χ2n) is 4.37. The van der Waals surface area contributed by atoms with Gasteiger partial charge in [-0.2, -0.15) is 0 Å². The van der Waals surface area contributed by atoms with Gasteiger partial charge in [0.05, 0.1) is 5.69 Å². The zero-order valence-corrected chi connectivity index (χ0v) is 12.6. The van der Waals surface area contributed by atoms with Crippen molar-refractivity contribution < 1.29 is 13.2 Å². The molecule has 0 atom stereocenters. The van der Waals surface area contributed by atoms with Crippen molar-refractivity contribution in [2.45, 2.75) is 11.8 Å². The van der Waals surface area contributed by atoms with Gasteiger partial charge in [0, 0.05) is 12.4 Å². The van der Waals surface area contributed by atoms with Gasteiger partial charge in [0.2, 0.25) is 11.9 Å². The second kappa shape index (κ2) is 6.35. The largest absolute Gasteiger partial charge is 0.321 e. The first-order valence-corrected chi connectivity index (χ1v) is 7.74. The number of amides is 1. The Labute approximate surface area is 128 Å². The Bertz CT molecular complexity index is 804. The fourth-order valence-corrected chi connectivity index (χ4v) is 2.79. The Morgan fingerprint density at radius 1 is 1.27 bits per heavy atom. The molecule has 0 aliphatic heterocycles. The molecule has 0 aliphatic rings. The molecule has 7 nitrogen and oxygen atoms in total. The van der Waals surface area contributed by atoms with E-state index < -0.39 is 15.9 Å². The van der Waals surface area contributed by atoms with E-state index >= 15 is 0 Å². The van der Waals surface area contributed by atoms with Gasteiger partial charge in [-0.3, -0.25) is 4.79 Å². The molecule has 22 heavy (non-hydrogen) atoms. The molecule has 0 radical (unpaired) electrons. The Hall–Kier alpha value is -2.74. The summed E-state index contributed by atoms with van der Waals surface area (Å²) in [7, 11) is -3.94. The van der Waals surface area contributed by atoms with Gasteiger partial charge in [-0.05, 0) is 36.8 Å². The maximum atomic E-state index is 12.4. The Morgan fingerprint density at radius 3 is 2.59 bits per heavy atom. The lowest BCUT2D eigenvalue weighted by Crippen LogP contribution is -2.18. The molecule has 1 aromatic carbocycles. The first-order chi connectivity index (χ1) is 10.4. The number of nitrogens with zero attached hydrogens (tertiary/aromatic N) is 2. The van der Waals surface area contributed by atoms with Gasteiger partial charge in [-0.15, -0.1) is 0 Å². The van der Waals surface area contributed by atoms with Crippen LogP contribution < -0.4 is 10.0 Å². The number of aromatic nitrogens is 2. The van der Waals surface area contributed by atoms with E-state index in [1.54, 1.807) is 25.1 Å². The lowest BCUT2D eigenvalue weighted by molar-refractivity contribution is -0.111. The molecule has 114 valence electrons. The minimum atomic E-state index is -3.94. The summed E-state index contributed by atoms with van der Waals surface area (Å²) >= 11 is 0. The third-order valence-corrected chi connectivity index (χ3v) is 4.05. The van der Waals surface area contributed by atoms with Crippen molar-refractivity contribution in [3.63, 3.8) is 0 Å². The summed E-state index contributed by atoms with van der Waals surface area (Å²) in [4.78, 5) is 19.0. The van der Waals surface area contributed by atoms with Crippen molar-refractivity contribution in [1.29, 1.82) is 0 Å². The maximum absolute atomic E-state index is 12.4. The highest BCUT2D eigenvalue weighted by Crippen LogP contribution is 2.24. The van der Waals surface area contributed by atoms with Crippen LogP contribution in [0.4, 0.5) is 11.6 Å². The minimum absolute atomic E-state index is 0.0518. The van der Waals surface area contributed by atoms with Crippen molar-refractivity contribution in [1.82, 2.24) is 9.97 Å². The number of aryl methyl sites for hydroxylation is 1. The third-order valence-electron chi connectivity index (χ3n) is 2.66. The van der Waals surface area contributed by atoms with Gasteiger partial charge in [-0.1, -0.05) is 12.6 Å². The van der Waals surface area contributed by atoms with Crippen LogP contribution in [0.5, 0.6) is 0 Å². The Balaban J connectivity index is 2.42. The van der Waals surface area contributed by atoms with Crippen molar-refractivity contribution in [3.8, 4) is 0 Å². The fraction of sp³-hybridized carbons (Fsp3) is 0.0714. The molecule has 0 spiro atoms. The van der Waals surface area contributed by atoms with Crippen LogP contribution in [0.1, 0.15) is 5.56 Å². The molecule has 1 heterocycles. The highest BCUT2D eigenvalue weighted by atomic mass is 32.2. The van der Waals surface area contributed by atoms with E-state index in [0.717, 1.165) is 11.6 Å². The first-order valence-electron chi connectivity index (χ1n) is 6.26. The summed E-state index contributed by atoms with van der Waals surface area (Å²) in [5, 5.41) is 2.48. The average Bonchev–Trinajstić information content (AvgIpc) is 2.47. The lowest BCUT2D eigenvalue weighted by Gasteiger charge is -2.12. The van der Waals surface area contributed by atoms with Gasteiger partial charge in [-0.25, -0.2) is 23.1 Å². The molecule has 2 N–H and O–H groups in total. The molecule has 0 aliphatic carbocycles. The SMILES string of the molecule is C=CC(=O)Nc1cc(C)ccc1S(=O)(=O)Nc1ncccn1. The lowest BCUT2D eigenvalue weighted by atomic mass is 10.2. The summed E-state index contributed by atoms with van der Waals surface area (Å²) < 4.78 is 27.1.